The summed E-state index contributed by atoms with van der Waals surface area (Å²) in [5, 5.41) is 1.41. The van der Waals surface area contributed by atoms with Gasteiger partial charge in [0.25, 0.3) is 0 Å². The van der Waals surface area contributed by atoms with Gasteiger partial charge in [0, 0.05) is 26.0 Å². The molecule has 4 atom stereocenters. The maximum atomic E-state index is 11.7. The number of rotatable bonds is 4. The summed E-state index contributed by atoms with van der Waals surface area (Å²) >= 11 is 18.4. The van der Waals surface area contributed by atoms with Gasteiger partial charge in [0.1, 0.15) is 0 Å². The SMILES string of the molecule is [2H]C1([2H])CCC(C(N)=O)C2=C1c1cc(Cl)c(C)cc1C2.[2H]c1c(C)c(Cl)cc2c1CC1=C2C([2H])([2H])CCC1C(N)=O.[2H]c1c(C)ccc2c1C1=C(C2)C(C(N)=O)CCC1([2H])[2H].[2H]c1c(Cl)cc(C)c2c1C1=C(C2)C(C(N)=O)CCC1([2H])[2H]. The van der Waals surface area contributed by atoms with Crippen LogP contribution < -0.4 is 22.9 Å². The van der Waals surface area contributed by atoms with Gasteiger partial charge in [-0.05, 0) is 260 Å². The van der Waals surface area contributed by atoms with Gasteiger partial charge in [-0.3, -0.25) is 19.2 Å². The molecule has 0 aliphatic heterocycles. The molecule has 0 aromatic heterocycles. The molecule has 8 aliphatic rings. The predicted molar refractivity (Wildman–Crippen MR) is 288 cm³/mol. The normalized spacial score (nSPS) is 27.0. The van der Waals surface area contributed by atoms with Gasteiger partial charge in [0.15, 0.2) is 0 Å². The van der Waals surface area contributed by atoms with Gasteiger partial charge in [-0.1, -0.05) is 70.7 Å². The Morgan fingerprint density at radius 3 is 1.41 bits per heavy atom. The van der Waals surface area contributed by atoms with E-state index in [0.717, 1.165) is 66.8 Å². The molecule has 4 amide bonds. The number of nitrogens with two attached hydrogens (primary N) is 4. The van der Waals surface area contributed by atoms with Gasteiger partial charge < -0.3 is 22.9 Å². The summed E-state index contributed by atoms with van der Waals surface area (Å²) in [6, 6.07) is 12.0. The highest BCUT2D eigenvalue weighted by Gasteiger charge is 2.37. The number of halogens is 3. The number of hydrogen-bond acceptors (Lipinski definition) is 4. The van der Waals surface area contributed by atoms with Crippen molar-refractivity contribution in [3.63, 3.8) is 0 Å². The van der Waals surface area contributed by atoms with E-state index in [1.165, 1.54) is 0 Å². The van der Waals surface area contributed by atoms with E-state index in [1.54, 1.807) is 19.1 Å². The lowest BCUT2D eigenvalue weighted by atomic mass is 9.82. The molecule has 11 heteroatoms. The summed E-state index contributed by atoms with van der Waals surface area (Å²) in [4.78, 5) is 46.6. The molecule has 8 nitrogen and oxygen atoms in total. The van der Waals surface area contributed by atoms with E-state index in [2.05, 4.69) is 0 Å². The van der Waals surface area contributed by atoms with Crippen molar-refractivity contribution in [3.05, 3.63) is 159 Å². The van der Waals surface area contributed by atoms with Crippen LogP contribution in [0.2, 0.25) is 15.1 Å². The Kier molecular flexibility index (Phi) is 11.1. The maximum Gasteiger partial charge on any atom is 0.224 e. The zero-order valence-corrected chi connectivity index (χ0v) is 42.6. The van der Waals surface area contributed by atoms with Crippen LogP contribution in [0.1, 0.15) is 159 Å². The lowest BCUT2D eigenvalue weighted by Gasteiger charge is -2.22. The first kappa shape index (κ1) is 38.2. The standard InChI is InChI=1S/3C15H16ClNO.C15H17NO/c2*1-8-5-9-6-13-10(12(9)7-14(8)16)3-2-4-11(13)15(17)18;1-8-5-9(16)6-13-10-3-2-4-11(15(17)18)14(10)7-12(8)13;1-9-5-6-10-8-14-11(13(10)7-9)3-2-4-12(14)15(16)17/h2*5,7,11H,2-4,6H2,1H3,(H2,17,18);5-6,11H,2-4,7H2,1H3,(H2,17,18);5-7,12H,2-4,8H2,1H3,(H2,16,17)/i3D2,5D;3D2;3D2,6D;3D2,7D. The summed E-state index contributed by atoms with van der Waals surface area (Å²) in [6.07, 6.45) is -0.953. The minimum Gasteiger partial charge on any atom is -0.369 e. The second-order valence-corrected chi connectivity index (χ2v) is 20.8. The van der Waals surface area contributed by atoms with Crippen LogP contribution in [0.15, 0.2) is 76.8 Å². The lowest BCUT2D eigenvalue weighted by Crippen LogP contribution is -2.27. The van der Waals surface area contributed by atoms with Crippen molar-refractivity contribution in [2.24, 2.45) is 46.6 Å². The van der Waals surface area contributed by atoms with E-state index in [4.69, 9.17) is 72.8 Å². The second-order valence-electron chi connectivity index (χ2n) is 19.6. The molecule has 0 heterocycles. The average Bonchev–Trinajstić information content (AvgIpc) is 4.32. The van der Waals surface area contributed by atoms with Crippen molar-refractivity contribution in [1.82, 2.24) is 0 Å². The first-order valence-corrected chi connectivity index (χ1v) is 25.3. The molecule has 0 fully saturated rings. The lowest BCUT2D eigenvalue weighted by molar-refractivity contribution is -0.121. The fourth-order valence-corrected chi connectivity index (χ4v) is 12.0. The number of amides is 4. The molecule has 12 rings (SSSR count). The van der Waals surface area contributed by atoms with E-state index in [0.29, 0.717) is 129 Å². The first-order valence-electron chi connectivity index (χ1n) is 29.7. The van der Waals surface area contributed by atoms with Crippen LogP contribution in [0.3, 0.4) is 0 Å². The minimum absolute atomic E-state index is 0.149. The van der Waals surface area contributed by atoms with Crippen molar-refractivity contribution in [2.45, 2.75) is 130 Å². The van der Waals surface area contributed by atoms with Gasteiger partial charge >= 0.3 is 0 Å². The van der Waals surface area contributed by atoms with Gasteiger partial charge in [-0.15, -0.1) is 0 Å². The summed E-state index contributed by atoms with van der Waals surface area (Å²) in [6.45, 7) is 7.46. The number of benzene rings is 4. The molecule has 4 aromatic carbocycles. The second kappa shape index (κ2) is 20.6. The topological polar surface area (TPSA) is 172 Å². The predicted octanol–water partition coefficient (Wildman–Crippen LogP) is 12.3. The molecule has 0 saturated carbocycles. The highest BCUT2D eigenvalue weighted by Crippen LogP contribution is 2.49. The fraction of sp³-hybridized carbons (Fsp3) is 0.400. The van der Waals surface area contributed by atoms with Crippen LogP contribution in [-0.4, -0.2) is 23.6 Å². The highest BCUT2D eigenvalue weighted by atomic mass is 35.5. The summed E-state index contributed by atoms with van der Waals surface area (Å²) in [5.74, 6) is -3.18. The summed E-state index contributed by atoms with van der Waals surface area (Å²) in [7, 11) is 0. The van der Waals surface area contributed by atoms with Gasteiger partial charge in [0.2, 0.25) is 23.6 Å². The van der Waals surface area contributed by atoms with Crippen LogP contribution in [0.25, 0.3) is 22.3 Å². The molecule has 8 aliphatic carbocycles. The first-order chi connectivity index (χ1) is 38.1. The smallest absolute Gasteiger partial charge is 0.224 e. The number of carbonyl (C=O) groups excluding carboxylic acids is 4. The van der Waals surface area contributed by atoms with Gasteiger partial charge in [0.05, 0.1) is 27.8 Å². The summed E-state index contributed by atoms with van der Waals surface area (Å²) in [5.41, 5.74) is 37.1. The molecule has 0 spiro atoms. The van der Waals surface area contributed by atoms with Gasteiger partial charge in [-0.2, -0.15) is 0 Å². The number of allylic oxidation sites excluding steroid dienone is 4. The van der Waals surface area contributed by atoms with E-state index in [-0.39, 0.29) is 49.0 Å². The molecule has 71 heavy (non-hydrogen) atoms. The van der Waals surface area contributed by atoms with Crippen LogP contribution in [0, 0.1) is 51.4 Å². The van der Waals surface area contributed by atoms with E-state index in [1.807, 2.05) is 45.0 Å². The van der Waals surface area contributed by atoms with E-state index < -0.39 is 49.1 Å². The van der Waals surface area contributed by atoms with Crippen LogP contribution in [0.5, 0.6) is 0 Å². The molecule has 4 unspecified atom stereocenters. The van der Waals surface area contributed by atoms with E-state index in [9.17, 15) is 19.2 Å². The Balaban J connectivity index is 0.000000132. The van der Waals surface area contributed by atoms with Crippen molar-refractivity contribution in [1.29, 1.82) is 0 Å². The Labute approximate surface area is 448 Å². The molecular weight excluding hydrogens is 947 g/mol. The average molecular weight is 1020 g/mol. The molecular formula is C60H65Cl3N4O4. The number of aryl methyl sites for hydroxylation is 3. The van der Waals surface area contributed by atoms with Crippen LogP contribution in [-0.2, 0) is 44.9 Å². The number of hydrogen-bond donors (Lipinski definition) is 4. The number of carbonyl (C=O) groups is 4. The molecule has 0 saturated heterocycles. The van der Waals surface area contributed by atoms with Crippen molar-refractivity contribution >= 4 is 80.7 Å². The Hall–Kier alpha value is -5.41. The molecule has 0 radical (unpaired) electrons. The monoisotopic (exact) mass is 1020 g/mol. The maximum absolute atomic E-state index is 11.7. The summed E-state index contributed by atoms with van der Waals surface area (Å²) < 4.78 is 90.8. The fourth-order valence-electron chi connectivity index (χ4n) is 11.4. The quantitative estimate of drug-likeness (QED) is 0.159. The molecule has 370 valence electrons. The van der Waals surface area contributed by atoms with Crippen molar-refractivity contribution < 1.29 is 34.3 Å². The van der Waals surface area contributed by atoms with Crippen LogP contribution in [0.4, 0.5) is 0 Å². The van der Waals surface area contributed by atoms with E-state index >= 15 is 0 Å². The molecule has 0 bridgehead atoms. The van der Waals surface area contributed by atoms with Crippen molar-refractivity contribution in [3.8, 4) is 0 Å². The van der Waals surface area contributed by atoms with Crippen LogP contribution >= 0.6 is 34.8 Å². The molecule has 8 N–H and O–H groups in total. The zero-order chi connectivity index (χ0) is 60.4. The number of fused-ring (bicyclic) bond motifs is 8. The Morgan fingerprint density at radius 1 is 0.479 bits per heavy atom. The number of primary amides is 4. The largest absolute Gasteiger partial charge is 0.369 e. The minimum atomic E-state index is -1.54. The third kappa shape index (κ3) is 9.93. The Morgan fingerprint density at radius 2 is 0.901 bits per heavy atom. The third-order valence-corrected chi connectivity index (χ3v) is 16.0. The zero-order valence-electron chi connectivity index (χ0n) is 51.3. The van der Waals surface area contributed by atoms with Crippen molar-refractivity contribution in [2.75, 3.05) is 0 Å². The van der Waals surface area contributed by atoms with Gasteiger partial charge in [-0.25, -0.2) is 0 Å². The highest BCUT2D eigenvalue weighted by molar-refractivity contribution is 6.32. The Bertz CT molecular complexity index is 3630. The molecule has 4 aromatic rings. The third-order valence-electron chi connectivity index (χ3n) is 15.0.